The van der Waals surface area contributed by atoms with Gasteiger partial charge in [0.25, 0.3) is 5.56 Å². The van der Waals surface area contributed by atoms with Crippen LogP contribution in [0.25, 0.3) is 0 Å². The fraction of sp³-hybridized carbons (Fsp3) is 0.286. The number of alkyl halides is 3. The van der Waals surface area contributed by atoms with Crippen LogP contribution >= 0.6 is 23.1 Å². The minimum absolute atomic E-state index is 0.0337. The molecule has 0 bridgehead atoms. The largest absolute Gasteiger partial charge is 0.418 e. The highest BCUT2D eigenvalue weighted by atomic mass is 35.5. The Balaban J connectivity index is 2.46. The molecule has 1 aromatic heterocycles. The lowest BCUT2D eigenvalue weighted by Gasteiger charge is -2.14. The number of nitrogens with one attached hydrogen (secondary N) is 1. The lowest BCUT2D eigenvalue weighted by molar-refractivity contribution is -0.136. The molecule has 0 aliphatic carbocycles. The molecule has 0 atom stereocenters. The van der Waals surface area contributed by atoms with Crippen molar-refractivity contribution >= 4 is 33.8 Å². The summed E-state index contributed by atoms with van der Waals surface area (Å²) >= 11 is 6.48. The smallest absolute Gasteiger partial charge is 0.383 e. The van der Waals surface area contributed by atoms with Crippen LogP contribution in [0.4, 0.5) is 23.9 Å². The van der Waals surface area contributed by atoms with Crippen molar-refractivity contribution in [3.63, 3.8) is 0 Å². The highest BCUT2D eigenvalue weighted by molar-refractivity contribution is 7.11. The summed E-state index contributed by atoms with van der Waals surface area (Å²) in [6, 6.07) is 4.93. The Morgan fingerprint density at radius 1 is 1.46 bits per heavy atom. The van der Waals surface area contributed by atoms with E-state index in [9.17, 15) is 18.0 Å². The molecule has 0 saturated heterocycles. The number of rotatable bonds is 5. The Hall–Kier alpha value is -2.02. The second-order valence-corrected chi connectivity index (χ2v) is 6.09. The lowest BCUT2D eigenvalue weighted by Crippen LogP contribution is -2.17. The predicted octanol–water partition coefficient (Wildman–Crippen LogP) is 3.84. The predicted molar refractivity (Wildman–Crippen MR) is 84.9 cm³/mol. The summed E-state index contributed by atoms with van der Waals surface area (Å²) in [6.07, 6.45) is -4.64. The van der Waals surface area contributed by atoms with Crippen molar-refractivity contribution in [2.45, 2.75) is 12.7 Å². The van der Waals surface area contributed by atoms with Crippen molar-refractivity contribution in [2.24, 2.45) is 0 Å². The summed E-state index contributed by atoms with van der Waals surface area (Å²) in [5, 5.41) is 11.6. The van der Waals surface area contributed by atoms with Crippen LogP contribution in [0.2, 0.25) is 5.02 Å². The topological polar surface area (TPSA) is 67.0 Å². The summed E-state index contributed by atoms with van der Waals surface area (Å²) in [4.78, 5) is 12.1. The van der Waals surface area contributed by atoms with E-state index >= 15 is 0 Å². The maximum Gasteiger partial charge on any atom is 0.418 e. The maximum absolute atomic E-state index is 13.1. The Morgan fingerprint density at radius 3 is 2.75 bits per heavy atom. The van der Waals surface area contributed by atoms with Crippen LogP contribution in [0.15, 0.2) is 23.0 Å². The van der Waals surface area contributed by atoms with Crippen LogP contribution in [0.3, 0.4) is 0 Å². The zero-order valence-electron chi connectivity index (χ0n) is 12.3. The van der Waals surface area contributed by atoms with Crippen molar-refractivity contribution < 1.29 is 17.9 Å². The van der Waals surface area contributed by atoms with E-state index < -0.39 is 17.3 Å². The first-order valence-corrected chi connectivity index (χ1v) is 7.70. The maximum atomic E-state index is 13.1. The third kappa shape index (κ3) is 3.90. The van der Waals surface area contributed by atoms with Gasteiger partial charge in [-0.2, -0.15) is 18.4 Å². The Bertz CT molecular complexity index is 839. The van der Waals surface area contributed by atoms with Gasteiger partial charge in [0.15, 0.2) is 5.56 Å². The monoisotopic (exact) mass is 377 g/mol. The quantitative estimate of drug-likeness (QED) is 0.859. The third-order valence-electron chi connectivity index (χ3n) is 3.01. The number of methoxy groups -OCH3 is 1. The van der Waals surface area contributed by atoms with E-state index in [0.717, 1.165) is 23.7 Å². The summed E-state index contributed by atoms with van der Waals surface area (Å²) in [7, 11) is 1.45. The third-order valence-corrected chi connectivity index (χ3v) is 4.31. The number of nitrogens with zero attached hydrogens (tertiary/aromatic N) is 2. The van der Waals surface area contributed by atoms with E-state index in [2.05, 4.69) is 5.32 Å². The number of nitriles is 1. The van der Waals surface area contributed by atoms with Gasteiger partial charge >= 0.3 is 6.18 Å². The number of hydrogen-bond donors (Lipinski definition) is 1. The minimum atomic E-state index is -4.64. The van der Waals surface area contributed by atoms with Gasteiger partial charge in [0.1, 0.15) is 11.1 Å². The fourth-order valence-electron chi connectivity index (χ4n) is 1.91. The molecule has 24 heavy (non-hydrogen) atoms. The molecule has 128 valence electrons. The molecule has 0 amide bonds. The standard InChI is InChI=1S/C14H11ClF3N3O2S/c1-23-5-4-21-13(22)9(7-19)12(24-21)20-11-3-2-8(15)6-10(11)14(16,17)18/h2-3,6,20H,4-5H2,1H3. The zero-order valence-corrected chi connectivity index (χ0v) is 13.8. The summed E-state index contributed by atoms with van der Waals surface area (Å²) in [5.74, 6) is 0. The molecule has 1 aromatic carbocycles. The number of aromatic nitrogens is 1. The minimum Gasteiger partial charge on any atom is -0.383 e. The molecule has 0 unspecified atom stereocenters. The summed E-state index contributed by atoms with van der Waals surface area (Å²) in [5.41, 5.74) is -2.10. The van der Waals surface area contributed by atoms with Crippen LogP contribution < -0.4 is 10.9 Å². The first-order chi connectivity index (χ1) is 11.3. The molecule has 2 aromatic rings. The number of halogens is 4. The molecule has 0 spiro atoms. The average molecular weight is 378 g/mol. The van der Waals surface area contributed by atoms with Gasteiger partial charge in [-0.15, -0.1) is 0 Å². The van der Waals surface area contributed by atoms with Gasteiger partial charge in [-0.25, -0.2) is 0 Å². The molecule has 0 fully saturated rings. The molecule has 1 N–H and O–H groups in total. The van der Waals surface area contributed by atoms with Gasteiger partial charge in [0.05, 0.1) is 24.4 Å². The van der Waals surface area contributed by atoms with Crippen molar-refractivity contribution in [1.29, 1.82) is 5.26 Å². The molecule has 0 radical (unpaired) electrons. The molecule has 10 heteroatoms. The van der Waals surface area contributed by atoms with Gasteiger partial charge in [0, 0.05) is 12.1 Å². The molecule has 2 rings (SSSR count). The zero-order chi connectivity index (χ0) is 17.9. The molecular weight excluding hydrogens is 367 g/mol. The molecule has 5 nitrogen and oxygen atoms in total. The van der Waals surface area contributed by atoms with E-state index in [1.807, 2.05) is 0 Å². The Labute approximate surface area is 144 Å². The number of benzene rings is 1. The Kier molecular flexibility index (Phi) is 5.54. The van der Waals surface area contributed by atoms with E-state index in [1.54, 1.807) is 6.07 Å². The van der Waals surface area contributed by atoms with Crippen molar-refractivity contribution in [3.8, 4) is 6.07 Å². The van der Waals surface area contributed by atoms with Gasteiger partial charge < -0.3 is 10.1 Å². The van der Waals surface area contributed by atoms with E-state index in [-0.39, 0.29) is 34.4 Å². The number of anilines is 2. The normalized spacial score (nSPS) is 11.3. The van der Waals surface area contributed by atoms with Crippen LogP contribution in [-0.4, -0.2) is 17.7 Å². The van der Waals surface area contributed by atoms with Crippen LogP contribution in [0.1, 0.15) is 11.1 Å². The lowest BCUT2D eigenvalue weighted by atomic mass is 10.1. The highest BCUT2D eigenvalue weighted by Gasteiger charge is 2.34. The first kappa shape index (κ1) is 18.3. The molecule has 0 aliphatic heterocycles. The molecule has 0 saturated carbocycles. The molecule has 0 aliphatic rings. The fourth-order valence-corrected chi connectivity index (χ4v) is 3.02. The molecular formula is C14H11ClF3N3O2S. The molecule has 1 heterocycles. The van der Waals surface area contributed by atoms with E-state index in [1.165, 1.54) is 17.1 Å². The second-order valence-electron chi connectivity index (χ2n) is 4.62. The number of ether oxygens (including phenoxy) is 1. The second kappa shape index (κ2) is 7.25. The van der Waals surface area contributed by atoms with Gasteiger partial charge in [0.2, 0.25) is 0 Å². The summed E-state index contributed by atoms with van der Waals surface area (Å²) < 4.78 is 45.5. The Morgan fingerprint density at radius 2 is 2.17 bits per heavy atom. The van der Waals surface area contributed by atoms with E-state index in [0.29, 0.717) is 0 Å². The van der Waals surface area contributed by atoms with Gasteiger partial charge in [-0.3, -0.25) is 8.75 Å². The number of hydrogen-bond acceptors (Lipinski definition) is 5. The first-order valence-electron chi connectivity index (χ1n) is 6.55. The van der Waals surface area contributed by atoms with E-state index in [4.69, 9.17) is 21.6 Å². The van der Waals surface area contributed by atoms with Crippen molar-refractivity contribution in [2.75, 3.05) is 19.0 Å². The van der Waals surface area contributed by atoms with Crippen molar-refractivity contribution in [3.05, 3.63) is 44.7 Å². The van der Waals surface area contributed by atoms with Gasteiger partial charge in [-0.05, 0) is 29.7 Å². The van der Waals surface area contributed by atoms with Crippen LogP contribution in [0, 0.1) is 11.3 Å². The SMILES string of the molecule is COCCn1sc(Nc2ccc(Cl)cc2C(F)(F)F)c(C#N)c1=O. The summed E-state index contributed by atoms with van der Waals surface area (Å²) in [6.45, 7) is 0.433. The van der Waals surface area contributed by atoms with Crippen LogP contribution in [0.5, 0.6) is 0 Å². The highest BCUT2D eigenvalue weighted by Crippen LogP contribution is 2.38. The van der Waals surface area contributed by atoms with Gasteiger partial charge in [-0.1, -0.05) is 11.6 Å². The average Bonchev–Trinajstić information content (AvgIpc) is 2.81. The van der Waals surface area contributed by atoms with Crippen molar-refractivity contribution in [1.82, 2.24) is 3.96 Å². The van der Waals surface area contributed by atoms with Crippen LogP contribution in [-0.2, 0) is 17.5 Å².